The first kappa shape index (κ1) is 16.3. The molecule has 0 unspecified atom stereocenters. The van der Waals surface area contributed by atoms with Gasteiger partial charge in [0.25, 0.3) is 0 Å². The number of carbonyl (C=O) groups is 2. The summed E-state index contributed by atoms with van der Waals surface area (Å²) < 4.78 is 23.9. The van der Waals surface area contributed by atoms with Gasteiger partial charge in [-0.25, -0.2) is 13.2 Å². The van der Waals surface area contributed by atoms with E-state index in [1.54, 1.807) is 0 Å². The number of rotatable bonds is 5. The van der Waals surface area contributed by atoms with Crippen LogP contribution >= 0.6 is 0 Å². The van der Waals surface area contributed by atoms with Crippen molar-refractivity contribution >= 4 is 27.9 Å². The molecule has 0 aromatic heterocycles. The zero-order valence-corrected chi connectivity index (χ0v) is 13.0. The predicted octanol–water partition coefficient (Wildman–Crippen LogP) is 0.503. The van der Waals surface area contributed by atoms with Crippen LogP contribution in [0.4, 0.5) is 5.69 Å². The topological polar surface area (TPSA) is 104 Å². The Morgan fingerprint density at radius 1 is 1.36 bits per heavy atom. The van der Waals surface area contributed by atoms with Crippen LogP contribution in [0.15, 0.2) is 23.1 Å². The largest absolute Gasteiger partial charge is 0.478 e. The van der Waals surface area contributed by atoms with Gasteiger partial charge in [0, 0.05) is 25.4 Å². The minimum atomic E-state index is -3.54. The predicted molar refractivity (Wildman–Crippen MR) is 80.9 cm³/mol. The number of hydrogen-bond donors (Lipinski definition) is 2. The number of anilines is 1. The number of sulfone groups is 1. The number of nitrogens with zero attached hydrogens (tertiary/aromatic N) is 1. The Kier molecular flexibility index (Phi) is 4.70. The second-order valence-electron chi connectivity index (χ2n) is 5.31. The zero-order valence-electron chi connectivity index (χ0n) is 12.2. The summed E-state index contributed by atoms with van der Waals surface area (Å²) in [6.45, 7) is 1.20. The van der Waals surface area contributed by atoms with E-state index < -0.39 is 15.8 Å². The first-order chi connectivity index (χ1) is 10.3. The lowest BCUT2D eigenvalue weighted by atomic mass is 10.0. The molecule has 0 saturated carbocycles. The lowest BCUT2D eigenvalue weighted by molar-refractivity contribution is -0.110. The quantitative estimate of drug-likeness (QED) is 0.764. The maximum absolute atomic E-state index is 12.0. The van der Waals surface area contributed by atoms with E-state index in [1.165, 1.54) is 18.2 Å². The molecule has 0 bridgehead atoms. The number of piperidine rings is 1. The molecule has 0 radical (unpaired) electrons. The Bertz CT molecular complexity index is 678. The van der Waals surface area contributed by atoms with E-state index in [1.807, 2.05) is 4.90 Å². The molecule has 1 fully saturated rings. The Morgan fingerprint density at radius 2 is 2.00 bits per heavy atom. The molecule has 1 aromatic carbocycles. The number of carboxylic acids is 1. The Hall–Kier alpha value is -2.09. The molecule has 22 heavy (non-hydrogen) atoms. The maximum Gasteiger partial charge on any atom is 0.335 e. The molecule has 8 heteroatoms. The van der Waals surface area contributed by atoms with Gasteiger partial charge < -0.3 is 15.3 Å². The number of carboxylic acid groups (broad SMARTS) is 1. The SMILES string of the molecule is CS(=O)(=O)c1cc(C(=O)O)ccc1N1CCC(NC=O)CC1. The molecular weight excluding hydrogens is 308 g/mol. The molecule has 1 aromatic rings. The fourth-order valence-corrected chi connectivity index (χ4v) is 3.51. The third kappa shape index (κ3) is 3.56. The first-order valence-electron chi connectivity index (χ1n) is 6.85. The number of amides is 1. The van der Waals surface area contributed by atoms with E-state index in [9.17, 15) is 18.0 Å². The van der Waals surface area contributed by atoms with Crippen molar-refractivity contribution in [2.45, 2.75) is 23.8 Å². The number of benzene rings is 1. The highest BCUT2D eigenvalue weighted by atomic mass is 32.2. The minimum absolute atomic E-state index is 0.0224. The van der Waals surface area contributed by atoms with Gasteiger partial charge in [0.1, 0.15) is 0 Å². The van der Waals surface area contributed by atoms with Crippen molar-refractivity contribution in [2.75, 3.05) is 24.2 Å². The monoisotopic (exact) mass is 326 g/mol. The molecule has 120 valence electrons. The van der Waals surface area contributed by atoms with E-state index in [0.29, 0.717) is 38.0 Å². The van der Waals surface area contributed by atoms with Crippen LogP contribution in [0.5, 0.6) is 0 Å². The molecule has 1 saturated heterocycles. The zero-order chi connectivity index (χ0) is 16.3. The van der Waals surface area contributed by atoms with Crippen molar-refractivity contribution in [3.63, 3.8) is 0 Å². The van der Waals surface area contributed by atoms with Gasteiger partial charge in [0.15, 0.2) is 9.84 Å². The number of aromatic carboxylic acids is 1. The van der Waals surface area contributed by atoms with Crippen LogP contribution in [-0.4, -0.2) is 51.3 Å². The van der Waals surface area contributed by atoms with Crippen LogP contribution in [0.2, 0.25) is 0 Å². The van der Waals surface area contributed by atoms with Gasteiger partial charge in [-0.1, -0.05) is 0 Å². The highest BCUT2D eigenvalue weighted by Gasteiger charge is 2.24. The summed E-state index contributed by atoms with van der Waals surface area (Å²) in [5.74, 6) is -1.16. The number of hydrogen-bond acceptors (Lipinski definition) is 5. The molecule has 0 aliphatic carbocycles. The van der Waals surface area contributed by atoms with Gasteiger partial charge in [0.05, 0.1) is 16.1 Å². The van der Waals surface area contributed by atoms with Gasteiger partial charge in [-0.15, -0.1) is 0 Å². The molecule has 1 aliphatic heterocycles. The van der Waals surface area contributed by atoms with Gasteiger partial charge in [-0.2, -0.15) is 0 Å². The van der Waals surface area contributed by atoms with Crippen LogP contribution in [0.1, 0.15) is 23.2 Å². The summed E-state index contributed by atoms with van der Waals surface area (Å²) in [4.78, 5) is 23.4. The van der Waals surface area contributed by atoms with E-state index in [2.05, 4.69) is 5.32 Å². The first-order valence-corrected chi connectivity index (χ1v) is 8.74. The summed E-state index contributed by atoms with van der Waals surface area (Å²) in [5, 5.41) is 11.7. The van der Waals surface area contributed by atoms with Crippen molar-refractivity contribution in [1.82, 2.24) is 5.32 Å². The highest BCUT2D eigenvalue weighted by molar-refractivity contribution is 7.90. The Balaban J connectivity index is 2.31. The lowest BCUT2D eigenvalue weighted by Crippen LogP contribution is -2.42. The van der Waals surface area contributed by atoms with Crippen LogP contribution in [0.25, 0.3) is 0 Å². The van der Waals surface area contributed by atoms with Crippen LogP contribution < -0.4 is 10.2 Å². The van der Waals surface area contributed by atoms with Crippen molar-refractivity contribution in [3.8, 4) is 0 Å². The van der Waals surface area contributed by atoms with Crippen LogP contribution in [-0.2, 0) is 14.6 Å². The van der Waals surface area contributed by atoms with Crippen LogP contribution in [0, 0.1) is 0 Å². The van der Waals surface area contributed by atoms with E-state index in [4.69, 9.17) is 5.11 Å². The molecular formula is C14H18N2O5S. The average Bonchev–Trinajstić information content (AvgIpc) is 2.47. The Labute approximate surface area is 128 Å². The molecule has 0 atom stereocenters. The van der Waals surface area contributed by atoms with Gasteiger partial charge in [-0.05, 0) is 31.0 Å². The summed E-state index contributed by atoms with van der Waals surface area (Å²) in [6, 6.07) is 4.23. The molecule has 7 nitrogen and oxygen atoms in total. The second-order valence-corrected chi connectivity index (χ2v) is 7.29. The summed E-state index contributed by atoms with van der Waals surface area (Å²) in [7, 11) is -3.54. The molecule has 1 heterocycles. The van der Waals surface area contributed by atoms with E-state index in [0.717, 1.165) is 6.26 Å². The third-order valence-corrected chi connectivity index (χ3v) is 4.87. The van der Waals surface area contributed by atoms with Crippen LogP contribution in [0.3, 0.4) is 0 Å². The molecule has 1 aliphatic rings. The van der Waals surface area contributed by atoms with Crippen molar-refractivity contribution in [1.29, 1.82) is 0 Å². The van der Waals surface area contributed by atoms with Gasteiger partial charge in [-0.3, -0.25) is 4.79 Å². The fraction of sp³-hybridized carbons (Fsp3) is 0.429. The molecule has 2 N–H and O–H groups in total. The van der Waals surface area contributed by atoms with Crippen molar-refractivity contribution in [2.24, 2.45) is 0 Å². The van der Waals surface area contributed by atoms with E-state index in [-0.39, 0.29) is 16.5 Å². The minimum Gasteiger partial charge on any atom is -0.478 e. The standard InChI is InChI=1S/C14H18N2O5S/c1-22(20,21)13-8-10(14(18)19)2-3-12(13)16-6-4-11(5-7-16)15-9-17/h2-3,8-9,11H,4-7H2,1H3,(H,15,17)(H,18,19). The summed E-state index contributed by atoms with van der Waals surface area (Å²) in [6.07, 6.45) is 3.16. The molecule has 2 rings (SSSR count). The third-order valence-electron chi connectivity index (χ3n) is 3.75. The van der Waals surface area contributed by atoms with Crippen molar-refractivity contribution < 1.29 is 23.1 Å². The summed E-state index contributed by atoms with van der Waals surface area (Å²) in [5.41, 5.74) is 0.457. The lowest BCUT2D eigenvalue weighted by Gasteiger charge is -2.34. The van der Waals surface area contributed by atoms with Gasteiger partial charge >= 0.3 is 5.97 Å². The fourth-order valence-electron chi connectivity index (χ4n) is 2.59. The molecule has 1 amide bonds. The molecule has 0 spiro atoms. The highest BCUT2D eigenvalue weighted by Crippen LogP contribution is 2.29. The summed E-state index contributed by atoms with van der Waals surface area (Å²) >= 11 is 0. The van der Waals surface area contributed by atoms with E-state index >= 15 is 0 Å². The smallest absolute Gasteiger partial charge is 0.335 e. The number of carbonyl (C=O) groups excluding carboxylic acids is 1. The van der Waals surface area contributed by atoms with Gasteiger partial charge in [0.2, 0.25) is 6.41 Å². The van der Waals surface area contributed by atoms with Crippen molar-refractivity contribution in [3.05, 3.63) is 23.8 Å². The Morgan fingerprint density at radius 3 is 2.50 bits per heavy atom. The normalized spacial score (nSPS) is 16.3. The maximum atomic E-state index is 12.0. The second kappa shape index (κ2) is 6.35. The average molecular weight is 326 g/mol. The number of nitrogens with one attached hydrogen (secondary N) is 1.